The van der Waals surface area contributed by atoms with E-state index < -0.39 is 4.92 Å². The van der Waals surface area contributed by atoms with E-state index in [1.54, 1.807) is 0 Å². The van der Waals surface area contributed by atoms with Gasteiger partial charge in [-0.2, -0.15) is 0 Å². The molecule has 0 unspecified atom stereocenters. The molecule has 0 aromatic rings. The van der Waals surface area contributed by atoms with Crippen LogP contribution in [0.3, 0.4) is 0 Å². The Hall–Kier alpha value is -0.680. The summed E-state index contributed by atoms with van der Waals surface area (Å²) in [6.07, 6.45) is 0. The SMILES string of the molecule is C[N+](=O)[O-].NN. The van der Waals surface area contributed by atoms with Crippen molar-refractivity contribution in [2.24, 2.45) is 11.7 Å². The van der Waals surface area contributed by atoms with Gasteiger partial charge in [0, 0.05) is 4.92 Å². The van der Waals surface area contributed by atoms with Crippen molar-refractivity contribution >= 4 is 0 Å². The van der Waals surface area contributed by atoms with Crippen molar-refractivity contribution in [3.63, 3.8) is 0 Å². The lowest BCUT2D eigenvalue weighted by molar-refractivity contribution is -0.445. The van der Waals surface area contributed by atoms with Gasteiger partial charge in [-0.25, -0.2) is 0 Å². The minimum Gasteiger partial charge on any atom is -0.274 e. The molecule has 0 saturated heterocycles. The Morgan fingerprint density at radius 1 is 1.67 bits per heavy atom. The zero-order valence-electron chi connectivity index (χ0n) is 3.42. The molecule has 0 aromatic carbocycles. The van der Waals surface area contributed by atoms with Gasteiger partial charge < -0.3 is 0 Å². The van der Waals surface area contributed by atoms with Crippen molar-refractivity contribution in [2.45, 2.75) is 0 Å². The maximum atomic E-state index is 8.81. The summed E-state index contributed by atoms with van der Waals surface area (Å²) in [5, 5.41) is 8.81. The van der Waals surface area contributed by atoms with Crippen LogP contribution in [0.2, 0.25) is 0 Å². The molecule has 0 rings (SSSR count). The van der Waals surface area contributed by atoms with Crippen LogP contribution in [-0.4, -0.2) is 12.0 Å². The summed E-state index contributed by atoms with van der Waals surface area (Å²) >= 11 is 0. The molecule has 0 fully saturated rings. The lowest BCUT2D eigenvalue weighted by Gasteiger charge is -1.63. The molecule has 4 N–H and O–H groups in total. The van der Waals surface area contributed by atoms with Crippen LogP contribution in [-0.2, 0) is 0 Å². The molecular weight excluding hydrogens is 86.0 g/mol. The van der Waals surface area contributed by atoms with E-state index >= 15 is 0 Å². The summed E-state index contributed by atoms with van der Waals surface area (Å²) < 4.78 is 0. The minimum absolute atomic E-state index is 0.500. The molecule has 5 nitrogen and oxygen atoms in total. The van der Waals surface area contributed by atoms with Gasteiger partial charge in [-0.3, -0.25) is 21.8 Å². The van der Waals surface area contributed by atoms with Crippen molar-refractivity contribution < 1.29 is 4.92 Å². The van der Waals surface area contributed by atoms with Gasteiger partial charge in [0.1, 0.15) is 0 Å². The molecule has 0 spiro atoms. The van der Waals surface area contributed by atoms with Crippen LogP contribution in [0, 0.1) is 10.1 Å². The first-order valence-electron chi connectivity index (χ1n) is 1.15. The van der Waals surface area contributed by atoms with E-state index in [9.17, 15) is 0 Å². The van der Waals surface area contributed by atoms with E-state index in [1.165, 1.54) is 0 Å². The molecule has 6 heavy (non-hydrogen) atoms. The maximum absolute atomic E-state index is 8.81. The quantitative estimate of drug-likeness (QED) is 0.221. The summed E-state index contributed by atoms with van der Waals surface area (Å²) in [5.74, 6) is 8.00. The van der Waals surface area contributed by atoms with E-state index in [0.29, 0.717) is 0 Å². The van der Waals surface area contributed by atoms with E-state index in [1.807, 2.05) is 0 Å². The number of rotatable bonds is 0. The first-order chi connectivity index (χ1) is 2.73. The lowest BCUT2D eigenvalue weighted by Crippen LogP contribution is -2.02. The van der Waals surface area contributed by atoms with Crippen LogP contribution in [0.4, 0.5) is 0 Å². The number of nitrogens with zero attached hydrogens (tertiary/aromatic N) is 1. The second-order valence-corrected chi connectivity index (χ2v) is 0.440. The summed E-state index contributed by atoms with van der Waals surface area (Å²) in [7, 11) is 0.889. The van der Waals surface area contributed by atoms with Crippen LogP contribution in [0.25, 0.3) is 0 Å². The number of nitro groups is 1. The summed E-state index contributed by atoms with van der Waals surface area (Å²) in [4.78, 5) is 8.31. The molecule has 5 heteroatoms. The van der Waals surface area contributed by atoms with Crippen LogP contribution in [0.15, 0.2) is 0 Å². The third-order valence-corrected chi connectivity index (χ3v) is 0. The highest BCUT2D eigenvalue weighted by atomic mass is 16.6. The molecule has 0 radical (unpaired) electrons. The number of hydrazine groups is 1. The Labute approximate surface area is 35.0 Å². The highest BCUT2D eigenvalue weighted by Gasteiger charge is 1.57. The van der Waals surface area contributed by atoms with Gasteiger partial charge in [-0.1, -0.05) is 0 Å². The Bertz CT molecular complexity index is 31.8. The highest BCUT2D eigenvalue weighted by Crippen LogP contribution is 1.39. The average molecular weight is 93.1 g/mol. The summed E-state index contributed by atoms with van der Waals surface area (Å²) in [6, 6.07) is 0. The minimum atomic E-state index is -0.500. The third kappa shape index (κ3) is 38.6. The van der Waals surface area contributed by atoms with E-state index in [2.05, 4.69) is 11.7 Å². The van der Waals surface area contributed by atoms with Crippen LogP contribution < -0.4 is 11.7 Å². The van der Waals surface area contributed by atoms with Gasteiger partial charge in [0.25, 0.3) is 0 Å². The standard InChI is InChI=1S/CH3NO2.H4N2/c1-2(3)4;1-2/h1H3;1-2H2. The first-order valence-corrected chi connectivity index (χ1v) is 1.15. The van der Waals surface area contributed by atoms with Crippen LogP contribution >= 0.6 is 0 Å². The van der Waals surface area contributed by atoms with E-state index in [4.69, 9.17) is 10.1 Å². The molecule has 38 valence electrons. The normalized spacial score (nSPS) is 5.17. The highest BCUT2D eigenvalue weighted by molar-refractivity contribution is 3.91. The Morgan fingerprint density at radius 3 is 1.67 bits per heavy atom. The second-order valence-electron chi connectivity index (χ2n) is 0.440. The van der Waals surface area contributed by atoms with Crippen molar-refractivity contribution in [1.82, 2.24) is 0 Å². The molecule has 0 aliphatic carbocycles. The molecule has 0 saturated carbocycles. The van der Waals surface area contributed by atoms with Gasteiger partial charge >= 0.3 is 0 Å². The van der Waals surface area contributed by atoms with Gasteiger partial charge in [0.15, 0.2) is 7.05 Å². The second kappa shape index (κ2) is 8.85. The fourth-order valence-corrected chi connectivity index (χ4v) is 0. The van der Waals surface area contributed by atoms with Crippen molar-refractivity contribution in [3.05, 3.63) is 10.1 Å². The monoisotopic (exact) mass is 93.1 g/mol. The molecular formula is CH7N3O2. The summed E-state index contributed by atoms with van der Waals surface area (Å²) in [6.45, 7) is 0. The van der Waals surface area contributed by atoms with E-state index in [-0.39, 0.29) is 0 Å². The largest absolute Gasteiger partial charge is 0.274 e. The van der Waals surface area contributed by atoms with Gasteiger partial charge in [0.05, 0.1) is 0 Å². The Kier molecular flexibility index (Phi) is 13.3. The zero-order chi connectivity index (χ0) is 5.58. The van der Waals surface area contributed by atoms with E-state index in [0.717, 1.165) is 7.05 Å². The number of hydrogen-bond donors (Lipinski definition) is 2. The zero-order valence-corrected chi connectivity index (χ0v) is 3.42. The summed E-state index contributed by atoms with van der Waals surface area (Å²) in [5.41, 5.74) is 0. The topological polar surface area (TPSA) is 95.2 Å². The molecule has 0 heterocycles. The average Bonchev–Trinajstić information content (AvgIpc) is 1.41. The number of hydrogen-bond acceptors (Lipinski definition) is 4. The van der Waals surface area contributed by atoms with Crippen LogP contribution in [0.5, 0.6) is 0 Å². The van der Waals surface area contributed by atoms with Crippen molar-refractivity contribution in [1.29, 1.82) is 0 Å². The number of nitrogens with two attached hydrogens (primary N) is 2. The Balaban J connectivity index is 0. The predicted octanol–water partition coefficient (Wildman–Crippen LogP) is -1.29. The Morgan fingerprint density at radius 2 is 1.67 bits per heavy atom. The molecule has 0 bridgehead atoms. The van der Waals surface area contributed by atoms with Gasteiger partial charge in [-0.05, 0) is 0 Å². The van der Waals surface area contributed by atoms with Crippen molar-refractivity contribution in [2.75, 3.05) is 7.05 Å². The fourth-order valence-electron chi connectivity index (χ4n) is 0. The predicted molar refractivity (Wildman–Crippen MR) is 21.3 cm³/mol. The third-order valence-electron chi connectivity index (χ3n) is 0. The fraction of sp³-hybridized carbons (Fsp3) is 1.00. The molecule has 0 aliphatic heterocycles. The van der Waals surface area contributed by atoms with Crippen LogP contribution in [0.1, 0.15) is 0 Å². The molecule has 0 aromatic heterocycles. The smallest absolute Gasteiger partial charge is 0.194 e. The molecule has 0 atom stereocenters. The first kappa shape index (κ1) is 9.01. The lowest BCUT2D eigenvalue weighted by atomic mass is 11.5. The van der Waals surface area contributed by atoms with Gasteiger partial charge in [0.2, 0.25) is 0 Å². The maximum Gasteiger partial charge on any atom is 0.194 e. The molecule has 0 amide bonds. The van der Waals surface area contributed by atoms with Crippen molar-refractivity contribution in [3.8, 4) is 0 Å². The molecule has 0 aliphatic rings. The van der Waals surface area contributed by atoms with Gasteiger partial charge in [-0.15, -0.1) is 0 Å².